The van der Waals surface area contributed by atoms with Gasteiger partial charge in [-0.15, -0.1) is 0 Å². The Hall–Kier alpha value is -3.49. The van der Waals surface area contributed by atoms with Crippen LogP contribution in [-0.4, -0.2) is 110 Å². The Balaban J connectivity index is 1.80. The molecule has 2 heterocycles. The van der Waals surface area contributed by atoms with E-state index in [0.29, 0.717) is 30.6 Å². The molecule has 0 aliphatic carbocycles. The minimum absolute atomic E-state index is 0.0642. The quantitative estimate of drug-likeness (QED) is 0.188. The van der Waals surface area contributed by atoms with Gasteiger partial charge in [0.25, 0.3) is 10.0 Å². The number of hydrogen-bond donors (Lipinski definition) is 3. The molecular weight excluding hydrogens is 697 g/mol. The second-order valence-corrected chi connectivity index (χ2v) is 18.1. The Morgan fingerprint density at radius 2 is 1.60 bits per heavy atom. The fourth-order valence-electron chi connectivity index (χ4n) is 7.56. The smallest absolute Gasteiger partial charge is 0.264 e. The lowest BCUT2D eigenvalue weighted by Crippen LogP contribution is -2.60. The number of carbonyl (C=O) groups excluding carboxylic acids is 4. The largest absolute Gasteiger partial charge is 0.399 e. The fraction of sp³-hybridized carbons (Fsp3) is 0.692. The number of likely N-dealkylation sites (N-methyl/N-ethyl adjacent to an activating group) is 1. The van der Waals surface area contributed by atoms with Gasteiger partial charge in [-0.05, 0) is 88.6 Å². The van der Waals surface area contributed by atoms with Gasteiger partial charge in [0.05, 0.1) is 35.0 Å². The van der Waals surface area contributed by atoms with Crippen LogP contribution in [0.2, 0.25) is 0 Å². The molecule has 13 nitrogen and oxygen atoms in total. The van der Waals surface area contributed by atoms with Crippen LogP contribution in [0, 0.1) is 17.3 Å². The Bertz CT molecular complexity index is 1590. The number of nitrogens with one attached hydrogen (secondary N) is 2. The number of nitrogen functional groups attached to an aromatic ring is 1. The van der Waals surface area contributed by atoms with E-state index in [1.165, 1.54) is 31.4 Å². The van der Waals surface area contributed by atoms with Crippen LogP contribution in [-0.2, 0) is 33.9 Å². The van der Waals surface area contributed by atoms with Crippen molar-refractivity contribution in [1.29, 1.82) is 0 Å². The molecule has 2 saturated heterocycles. The zero-order chi connectivity index (χ0) is 40.0. The van der Waals surface area contributed by atoms with E-state index in [0.717, 1.165) is 25.8 Å². The van der Waals surface area contributed by atoms with Crippen LogP contribution in [0.15, 0.2) is 40.8 Å². The predicted octanol–water partition coefficient (Wildman–Crippen LogP) is 3.94. The summed E-state index contributed by atoms with van der Waals surface area (Å²) in [7, 11) is -1.000. The molecule has 4 amide bonds. The molecule has 2 aliphatic rings. The van der Waals surface area contributed by atoms with Gasteiger partial charge in [0, 0.05) is 38.0 Å². The van der Waals surface area contributed by atoms with Crippen molar-refractivity contribution in [3.63, 3.8) is 0 Å². The number of carbonyl (C=O) groups is 4. The summed E-state index contributed by atoms with van der Waals surface area (Å²) in [5.41, 5.74) is 5.93. The molecule has 0 aromatic heterocycles. The molecule has 3 rings (SSSR count). The van der Waals surface area contributed by atoms with Gasteiger partial charge in [-0.3, -0.25) is 24.1 Å². The molecule has 0 bridgehead atoms. The van der Waals surface area contributed by atoms with Gasteiger partial charge in [-0.25, -0.2) is 13.1 Å². The molecule has 0 unspecified atom stereocenters. The first-order chi connectivity index (χ1) is 24.6. The Morgan fingerprint density at radius 3 is 2.15 bits per heavy atom. The molecule has 1 aromatic rings. The molecule has 0 radical (unpaired) electrons. The SMILES string of the molecule is CO[C@H]([C@@H](C)C(=O)NS(=O)(=O)c1ccc(N)cc1)[C@@H]1CCCN1C(=O)/C(C)=C/[C@H](C(C)C)N(C)C(=O)[C@@H](NC(=O)[C@H]1CCCCN1C(C)C)C(C)(C)C. The van der Waals surface area contributed by atoms with Crippen LogP contribution in [0.1, 0.15) is 94.4 Å². The monoisotopic (exact) mass is 760 g/mol. The summed E-state index contributed by atoms with van der Waals surface area (Å²) in [5, 5.41) is 3.12. The second kappa shape index (κ2) is 18.2. The van der Waals surface area contributed by atoms with Crippen LogP contribution in [0.25, 0.3) is 0 Å². The number of hydrogen-bond acceptors (Lipinski definition) is 9. The Kier molecular flexibility index (Phi) is 15.1. The minimum Gasteiger partial charge on any atom is -0.399 e. The zero-order valence-corrected chi connectivity index (χ0v) is 34.5. The maximum absolute atomic E-state index is 14.3. The number of benzene rings is 1. The van der Waals surface area contributed by atoms with Gasteiger partial charge < -0.3 is 25.6 Å². The number of sulfonamides is 1. The molecule has 4 N–H and O–H groups in total. The first-order valence-electron chi connectivity index (χ1n) is 18.9. The fourth-order valence-corrected chi connectivity index (χ4v) is 8.62. The molecule has 0 saturated carbocycles. The first kappa shape index (κ1) is 43.9. The highest BCUT2D eigenvalue weighted by Crippen LogP contribution is 2.30. The number of nitrogens with zero attached hydrogens (tertiary/aromatic N) is 3. The lowest BCUT2D eigenvalue weighted by atomic mass is 9.84. The Morgan fingerprint density at radius 1 is 0.981 bits per heavy atom. The van der Waals surface area contributed by atoms with Crippen molar-refractivity contribution in [2.75, 3.05) is 33.0 Å². The van der Waals surface area contributed by atoms with Crippen LogP contribution in [0.3, 0.4) is 0 Å². The third kappa shape index (κ3) is 10.8. The minimum atomic E-state index is -4.16. The average Bonchev–Trinajstić information content (AvgIpc) is 3.57. The summed E-state index contributed by atoms with van der Waals surface area (Å²) >= 11 is 0. The van der Waals surface area contributed by atoms with Gasteiger partial charge in [-0.2, -0.15) is 0 Å². The van der Waals surface area contributed by atoms with Crippen molar-refractivity contribution < 1.29 is 32.3 Å². The topological polar surface area (TPSA) is 171 Å². The summed E-state index contributed by atoms with van der Waals surface area (Å²) < 4.78 is 33.8. The van der Waals surface area contributed by atoms with Gasteiger partial charge in [0.15, 0.2) is 0 Å². The highest BCUT2D eigenvalue weighted by atomic mass is 32.2. The molecule has 0 spiro atoms. The molecule has 14 heteroatoms. The number of nitrogens with two attached hydrogens (primary N) is 1. The van der Waals surface area contributed by atoms with E-state index in [4.69, 9.17) is 10.5 Å². The number of piperidine rings is 1. The standard InChI is InChI=1S/C39H64N6O7S/c1-24(2)32(43(10)38(49)34(39(7,8)9)41-36(47)31-15-12-13-21-44(31)25(3)4)23-26(5)37(48)45-22-14-16-30(45)33(52-11)27(6)35(46)42-53(50,51)29-19-17-28(40)18-20-29/h17-20,23-25,27,30-34H,12-16,21-22,40H2,1-11H3,(H,41,47)(H,42,46)/b26-23+/t27-,30+,31-,32-,33-,34-/m1/s1. The summed E-state index contributed by atoms with van der Waals surface area (Å²) in [6.45, 7) is 18.5. The van der Waals surface area contributed by atoms with Crippen LogP contribution < -0.4 is 15.8 Å². The lowest BCUT2D eigenvalue weighted by Gasteiger charge is -2.41. The number of likely N-dealkylation sites (tertiary alicyclic amines) is 2. The van der Waals surface area contributed by atoms with Crippen LogP contribution >= 0.6 is 0 Å². The molecule has 298 valence electrons. The van der Waals surface area contributed by atoms with E-state index in [-0.39, 0.29) is 40.6 Å². The van der Waals surface area contributed by atoms with E-state index < -0.39 is 51.5 Å². The summed E-state index contributed by atoms with van der Waals surface area (Å²) in [4.78, 5) is 60.8. The van der Waals surface area contributed by atoms with Crippen molar-refractivity contribution in [3.05, 3.63) is 35.9 Å². The lowest BCUT2D eigenvalue weighted by molar-refractivity contribution is -0.142. The average molecular weight is 761 g/mol. The number of amides is 4. The second-order valence-electron chi connectivity index (χ2n) is 16.4. The van der Waals surface area contributed by atoms with Gasteiger partial charge in [0.2, 0.25) is 23.6 Å². The van der Waals surface area contributed by atoms with Crippen LogP contribution in [0.4, 0.5) is 5.69 Å². The number of ether oxygens (including phenoxy) is 1. The molecule has 2 aliphatic heterocycles. The molecule has 1 aromatic carbocycles. The zero-order valence-electron chi connectivity index (χ0n) is 33.6. The summed E-state index contributed by atoms with van der Waals surface area (Å²) in [6, 6.07) is 3.70. The molecule has 2 fully saturated rings. The first-order valence-corrected chi connectivity index (χ1v) is 20.4. The van der Waals surface area contributed by atoms with Gasteiger partial charge >= 0.3 is 0 Å². The third-order valence-corrected chi connectivity index (χ3v) is 12.1. The van der Waals surface area contributed by atoms with E-state index in [1.807, 2.05) is 34.6 Å². The maximum atomic E-state index is 14.3. The predicted molar refractivity (Wildman–Crippen MR) is 207 cm³/mol. The van der Waals surface area contributed by atoms with Crippen LogP contribution in [0.5, 0.6) is 0 Å². The number of anilines is 1. The number of rotatable bonds is 14. The van der Waals surface area contributed by atoms with E-state index >= 15 is 0 Å². The highest BCUT2D eigenvalue weighted by molar-refractivity contribution is 7.90. The van der Waals surface area contributed by atoms with Crippen molar-refractivity contribution in [1.82, 2.24) is 24.7 Å². The normalized spacial score (nSPS) is 21.2. The summed E-state index contributed by atoms with van der Waals surface area (Å²) in [5.74, 6) is -2.35. The van der Waals surface area contributed by atoms with Crippen molar-refractivity contribution in [2.24, 2.45) is 17.3 Å². The van der Waals surface area contributed by atoms with E-state index in [1.54, 1.807) is 36.8 Å². The molecule has 6 atom stereocenters. The highest BCUT2D eigenvalue weighted by Gasteiger charge is 2.42. The van der Waals surface area contributed by atoms with E-state index in [9.17, 15) is 27.6 Å². The molecule has 53 heavy (non-hydrogen) atoms. The third-order valence-electron chi connectivity index (χ3n) is 10.7. The van der Waals surface area contributed by atoms with Gasteiger partial charge in [0.1, 0.15) is 6.04 Å². The van der Waals surface area contributed by atoms with Crippen molar-refractivity contribution >= 4 is 39.3 Å². The van der Waals surface area contributed by atoms with Crippen molar-refractivity contribution in [3.8, 4) is 0 Å². The van der Waals surface area contributed by atoms with Gasteiger partial charge in [-0.1, -0.05) is 54.0 Å². The van der Waals surface area contributed by atoms with Crippen molar-refractivity contribution in [2.45, 2.75) is 136 Å². The Labute approximate surface area is 317 Å². The molecular formula is C39H64N6O7S. The number of methoxy groups -OCH3 is 1. The van der Waals surface area contributed by atoms with E-state index in [2.05, 4.69) is 28.8 Å². The summed E-state index contributed by atoms with van der Waals surface area (Å²) in [6.07, 6.45) is 5.01. The maximum Gasteiger partial charge on any atom is 0.264 e.